The Balaban J connectivity index is 3.12. The molecule has 0 aliphatic carbocycles. The molecule has 0 atom stereocenters. The van der Waals surface area contributed by atoms with E-state index in [1.54, 1.807) is 18.2 Å². The molecule has 3 heteroatoms. The van der Waals surface area contributed by atoms with Crippen LogP contribution in [-0.2, 0) is 0 Å². The lowest BCUT2D eigenvalue weighted by molar-refractivity contribution is 1.36. The van der Waals surface area contributed by atoms with Crippen LogP contribution in [-0.4, -0.2) is 4.98 Å². The zero-order valence-corrected chi connectivity index (χ0v) is 4.70. The van der Waals surface area contributed by atoms with Crippen molar-refractivity contribution in [3.63, 3.8) is 0 Å². The molecule has 0 unspecified atom stereocenters. The maximum absolute atomic E-state index is 6.55. The predicted octanol–water partition coefficient (Wildman–Crippen LogP) is 1.21. The highest BCUT2D eigenvalue weighted by molar-refractivity contribution is 5.42. The van der Waals surface area contributed by atoms with Crippen molar-refractivity contribution in [2.75, 3.05) is 5.73 Å². The molecule has 0 saturated heterocycles. The molecule has 1 aromatic rings. The second kappa shape index (κ2) is 2.14. The van der Waals surface area contributed by atoms with Gasteiger partial charge in [0.15, 0.2) is 0 Å². The highest BCUT2D eigenvalue weighted by atomic mass is 14.9. The van der Waals surface area contributed by atoms with Crippen molar-refractivity contribution in [3.8, 4) is 0 Å². The van der Waals surface area contributed by atoms with E-state index in [9.17, 15) is 0 Å². The van der Waals surface area contributed by atoms with Crippen molar-refractivity contribution in [1.29, 1.82) is 0 Å². The number of hydrogen-bond donors (Lipinski definition) is 1. The molecule has 0 saturated carbocycles. The summed E-state index contributed by atoms with van der Waals surface area (Å²) in [7, 11) is 0. The SMILES string of the molecule is [C-]#[N+]c1cccc(N)n1. The summed E-state index contributed by atoms with van der Waals surface area (Å²) in [5, 5.41) is 0. The normalized spacial score (nSPS) is 8.33. The number of anilines is 1. The van der Waals surface area contributed by atoms with Gasteiger partial charge in [-0.3, -0.25) is 0 Å². The van der Waals surface area contributed by atoms with Crippen molar-refractivity contribution >= 4 is 11.6 Å². The molecule has 0 aromatic carbocycles. The predicted molar refractivity (Wildman–Crippen MR) is 34.9 cm³/mol. The number of nitrogens with zero attached hydrogens (tertiary/aromatic N) is 2. The van der Waals surface area contributed by atoms with Crippen LogP contribution in [0, 0.1) is 6.57 Å². The van der Waals surface area contributed by atoms with E-state index in [0.717, 1.165) is 0 Å². The number of hydrogen-bond acceptors (Lipinski definition) is 2. The van der Waals surface area contributed by atoms with E-state index < -0.39 is 0 Å². The quantitative estimate of drug-likeness (QED) is 0.521. The Hall–Kier alpha value is -1.56. The first kappa shape index (κ1) is 5.57. The second-order valence-electron chi connectivity index (χ2n) is 1.53. The van der Waals surface area contributed by atoms with Crippen molar-refractivity contribution in [2.24, 2.45) is 0 Å². The van der Waals surface area contributed by atoms with E-state index in [1.165, 1.54) is 0 Å². The Morgan fingerprint density at radius 3 is 2.78 bits per heavy atom. The number of aromatic nitrogens is 1. The first-order valence-corrected chi connectivity index (χ1v) is 2.43. The van der Waals surface area contributed by atoms with Gasteiger partial charge in [0, 0.05) is 6.07 Å². The molecule has 3 nitrogen and oxygen atoms in total. The summed E-state index contributed by atoms with van der Waals surface area (Å²) in [6, 6.07) is 4.97. The number of nitrogens with two attached hydrogens (primary N) is 1. The Morgan fingerprint density at radius 1 is 1.56 bits per heavy atom. The second-order valence-corrected chi connectivity index (χ2v) is 1.53. The van der Waals surface area contributed by atoms with E-state index in [1.807, 2.05) is 0 Å². The zero-order valence-electron chi connectivity index (χ0n) is 4.70. The molecule has 0 fully saturated rings. The van der Waals surface area contributed by atoms with Gasteiger partial charge in [0.05, 0.1) is 0 Å². The third-order valence-electron chi connectivity index (χ3n) is 0.870. The van der Waals surface area contributed by atoms with Gasteiger partial charge in [-0.05, 0) is 6.07 Å². The molecule has 9 heavy (non-hydrogen) atoms. The van der Waals surface area contributed by atoms with Crippen molar-refractivity contribution in [1.82, 2.24) is 4.98 Å². The molecule has 2 N–H and O–H groups in total. The van der Waals surface area contributed by atoms with Gasteiger partial charge in [0.1, 0.15) is 0 Å². The Bertz CT molecular complexity index is 249. The van der Waals surface area contributed by atoms with Crippen LogP contribution < -0.4 is 5.73 Å². The lowest BCUT2D eigenvalue weighted by atomic mass is 10.4. The van der Waals surface area contributed by atoms with Gasteiger partial charge in [0.25, 0.3) is 5.82 Å². The minimum atomic E-state index is 0.343. The Morgan fingerprint density at radius 2 is 2.33 bits per heavy atom. The number of nitrogen functional groups attached to an aromatic ring is 1. The molecule has 1 heterocycles. The molecular formula is C6H5N3. The largest absolute Gasteiger partial charge is 0.364 e. The first-order chi connectivity index (χ1) is 4.33. The lowest BCUT2D eigenvalue weighted by Gasteiger charge is -1.85. The van der Waals surface area contributed by atoms with Gasteiger partial charge in [-0.25, -0.2) is 0 Å². The molecule has 0 spiro atoms. The van der Waals surface area contributed by atoms with Crippen LogP contribution in [0.15, 0.2) is 18.2 Å². The highest BCUT2D eigenvalue weighted by Crippen LogP contribution is 2.07. The molecule has 0 aliphatic rings. The van der Waals surface area contributed by atoms with E-state index in [4.69, 9.17) is 12.3 Å². The maximum atomic E-state index is 6.55. The first-order valence-electron chi connectivity index (χ1n) is 2.43. The Kier molecular flexibility index (Phi) is 1.32. The molecule has 0 bridgehead atoms. The van der Waals surface area contributed by atoms with Gasteiger partial charge in [-0.1, -0.05) is 12.6 Å². The van der Waals surface area contributed by atoms with Crippen LogP contribution >= 0.6 is 0 Å². The molecule has 0 amide bonds. The maximum Gasteiger partial charge on any atom is 0.271 e. The van der Waals surface area contributed by atoms with Crippen LogP contribution in [0.25, 0.3) is 4.85 Å². The third kappa shape index (κ3) is 1.16. The van der Waals surface area contributed by atoms with Crippen molar-refractivity contribution in [3.05, 3.63) is 29.6 Å². The summed E-state index contributed by atoms with van der Waals surface area (Å²) in [5.41, 5.74) is 5.28. The monoisotopic (exact) mass is 119 g/mol. The van der Waals surface area contributed by atoms with Crippen molar-refractivity contribution in [2.45, 2.75) is 0 Å². The van der Waals surface area contributed by atoms with E-state index >= 15 is 0 Å². The van der Waals surface area contributed by atoms with Crippen molar-refractivity contribution < 1.29 is 0 Å². The summed E-state index contributed by atoms with van der Waals surface area (Å²) in [5.74, 6) is 0.735. The summed E-state index contributed by atoms with van der Waals surface area (Å²) in [6.07, 6.45) is 0. The third-order valence-corrected chi connectivity index (χ3v) is 0.870. The minimum Gasteiger partial charge on any atom is -0.364 e. The van der Waals surface area contributed by atoms with Gasteiger partial charge in [0.2, 0.25) is 5.82 Å². The molecule has 1 rings (SSSR count). The zero-order chi connectivity index (χ0) is 6.69. The lowest BCUT2D eigenvalue weighted by Crippen LogP contribution is -1.86. The standard InChI is InChI=1S/C6H5N3/c1-8-6-4-2-3-5(7)9-6/h2-4H,(H2,7,9). The topological polar surface area (TPSA) is 43.3 Å². The van der Waals surface area contributed by atoms with Crippen LogP contribution in [0.3, 0.4) is 0 Å². The fourth-order valence-electron chi connectivity index (χ4n) is 0.502. The van der Waals surface area contributed by atoms with Gasteiger partial charge < -0.3 is 10.6 Å². The molecular weight excluding hydrogens is 114 g/mol. The average Bonchev–Trinajstić information content (AvgIpc) is 1.88. The summed E-state index contributed by atoms with van der Waals surface area (Å²) in [6.45, 7) is 6.55. The van der Waals surface area contributed by atoms with Gasteiger partial charge in [-0.15, -0.1) is 4.98 Å². The van der Waals surface area contributed by atoms with Gasteiger partial charge in [-0.2, -0.15) is 0 Å². The van der Waals surface area contributed by atoms with E-state index in [2.05, 4.69) is 9.83 Å². The molecule has 0 aliphatic heterocycles. The van der Waals surface area contributed by atoms with Gasteiger partial charge >= 0.3 is 0 Å². The van der Waals surface area contributed by atoms with E-state index in [0.29, 0.717) is 11.6 Å². The number of pyridine rings is 1. The van der Waals surface area contributed by atoms with E-state index in [-0.39, 0.29) is 0 Å². The fraction of sp³-hybridized carbons (Fsp3) is 0. The summed E-state index contributed by atoms with van der Waals surface area (Å²) in [4.78, 5) is 6.81. The minimum absolute atomic E-state index is 0.343. The van der Waals surface area contributed by atoms with Crippen LogP contribution in [0.1, 0.15) is 0 Å². The molecule has 1 aromatic heterocycles. The fourth-order valence-corrected chi connectivity index (χ4v) is 0.502. The smallest absolute Gasteiger partial charge is 0.271 e. The summed E-state index contributed by atoms with van der Waals surface area (Å²) < 4.78 is 0. The average molecular weight is 119 g/mol. The molecule has 0 radical (unpaired) electrons. The number of rotatable bonds is 0. The summed E-state index contributed by atoms with van der Waals surface area (Å²) >= 11 is 0. The molecule has 44 valence electrons. The highest BCUT2D eigenvalue weighted by Gasteiger charge is 1.91. The Labute approximate surface area is 53.0 Å². The van der Waals surface area contributed by atoms with Crippen LogP contribution in [0.5, 0.6) is 0 Å². The van der Waals surface area contributed by atoms with Crippen LogP contribution in [0.2, 0.25) is 0 Å². The van der Waals surface area contributed by atoms with Crippen LogP contribution in [0.4, 0.5) is 11.6 Å².